The quantitative estimate of drug-likeness (QED) is 0.581. The number of carbonyl (C=O) groups is 1. The van der Waals surface area contributed by atoms with Gasteiger partial charge in [0.1, 0.15) is 11.6 Å². The molecule has 1 N–H and O–H groups in total. The van der Waals surface area contributed by atoms with E-state index >= 15 is 0 Å². The van der Waals surface area contributed by atoms with E-state index < -0.39 is 5.91 Å². The molecule has 3 nitrogen and oxygen atoms in total. The van der Waals surface area contributed by atoms with Gasteiger partial charge in [0, 0.05) is 4.47 Å². The van der Waals surface area contributed by atoms with E-state index in [2.05, 4.69) is 37.2 Å². The Morgan fingerprint density at radius 3 is 2.70 bits per heavy atom. The highest BCUT2D eigenvalue weighted by atomic mass is 79.9. The minimum atomic E-state index is -0.429. The molecule has 0 aliphatic carbocycles. The van der Waals surface area contributed by atoms with Gasteiger partial charge in [-0.15, -0.1) is 11.3 Å². The lowest BCUT2D eigenvalue weighted by molar-refractivity contribution is -0.112. The summed E-state index contributed by atoms with van der Waals surface area (Å²) >= 11 is 8.19. The molecule has 100 valence electrons. The summed E-state index contributed by atoms with van der Waals surface area (Å²) in [5, 5.41) is 13.7. The molecule has 1 aromatic carbocycles. The van der Waals surface area contributed by atoms with Crippen molar-refractivity contribution >= 4 is 60.9 Å². The highest BCUT2D eigenvalue weighted by Crippen LogP contribution is 2.24. The van der Waals surface area contributed by atoms with Crippen LogP contribution >= 0.6 is 43.2 Å². The van der Waals surface area contributed by atoms with Gasteiger partial charge in [-0.25, -0.2) is 0 Å². The number of carbonyl (C=O) groups excluding carboxylic acids is 1. The number of nitrogens with one attached hydrogen (secondary N) is 1. The van der Waals surface area contributed by atoms with Crippen molar-refractivity contribution in [2.45, 2.75) is 0 Å². The van der Waals surface area contributed by atoms with Gasteiger partial charge in [-0.05, 0) is 67.1 Å². The molecule has 2 aromatic rings. The predicted octanol–water partition coefficient (Wildman–Crippen LogP) is 4.82. The number of rotatable bonds is 3. The standard InChI is InChI=1S/C14H8Br2N2OS/c15-11-3-1-2-4-12(11)18-14(19)10(7-17)5-9-6-13(16)20-8-9/h1-6,8H,(H,18,19). The van der Waals surface area contributed by atoms with Gasteiger partial charge in [-0.1, -0.05) is 12.1 Å². The van der Waals surface area contributed by atoms with Crippen LogP contribution in [0.3, 0.4) is 0 Å². The SMILES string of the molecule is N#CC(=Cc1csc(Br)c1)C(=O)Nc1ccccc1Br. The minimum absolute atomic E-state index is 0.0612. The number of benzene rings is 1. The number of thiophene rings is 1. The molecule has 0 aliphatic rings. The van der Waals surface area contributed by atoms with E-state index in [-0.39, 0.29) is 5.57 Å². The molecular formula is C14H8Br2N2OS. The Kier molecular flexibility index (Phi) is 5.12. The van der Waals surface area contributed by atoms with Gasteiger partial charge in [-0.3, -0.25) is 4.79 Å². The summed E-state index contributed by atoms with van der Waals surface area (Å²) in [5.41, 5.74) is 1.51. The molecule has 2 rings (SSSR count). The smallest absolute Gasteiger partial charge is 0.266 e. The summed E-state index contributed by atoms with van der Waals surface area (Å²) in [6.07, 6.45) is 1.56. The van der Waals surface area contributed by atoms with Gasteiger partial charge in [0.15, 0.2) is 0 Å². The highest BCUT2D eigenvalue weighted by molar-refractivity contribution is 9.11. The first-order valence-corrected chi connectivity index (χ1v) is 7.98. The molecule has 1 aromatic heterocycles. The average molecular weight is 412 g/mol. The number of amides is 1. The van der Waals surface area contributed by atoms with Gasteiger partial charge in [0.2, 0.25) is 0 Å². The van der Waals surface area contributed by atoms with Crippen LogP contribution in [0, 0.1) is 11.3 Å². The largest absolute Gasteiger partial charge is 0.320 e. The van der Waals surface area contributed by atoms with Crippen LogP contribution in [-0.2, 0) is 4.79 Å². The summed E-state index contributed by atoms with van der Waals surface area (Å²) < 4.78 is 1.72. The zero-order valence-corrected chi connectivity index (χ0v) is 14.0. The molecule has 20 heavy (non-hydrogen) atoms. The van der Waals surface area contributed by atoms with Crippen LogP contribution in [0.25, 0.3) is 6.08 Å². The third-order valence-corrected chi connectivity index (χ3v) is 4.60. The monoisotopic (exact) mass is 410 g/mol. The van der Waals surface area contributed by atoms with Crippen molar-refractivity contribution in [1.82, 2.24) is 0 Å². The second-order valence-corrected chi connectivity index (χ2v) is 6.93. The fourth-order valence-electron chi connectivity index (χ4n) is 1.47. The summed E-state index contributed by atoms with van der Waals surface area (Å²) in [4.78, 5) is 12.1. The Bertz CT molecular complexity index is 716. The van der Waals surface area contributed by atoms with E-state index in [4.69, 9.17) is 5.26 Å². The fourth-order valence-corrected chi connectivity index (χ4v) is 2.98. The summed E-state index contributed by atoms with van der Waals surface area (Å²) in [7, 11) is 0. The third kappa shape index (κ3) is 3.79. The Balaban J connectivity index is 2.21. The Morgan fingerprint density at radius 2 is 2.10 bits per heavy atom. The Morgan fingerprint density at radius 1 is 1.35 bits per heavy atom. The molecule has 0 radical (unpaired) electrons. The van der Waals surface area contributed by atoms with Crippen molar-refractivity contribution in [2.24, 2.45) is 0 Å². The highest BCUT2D eigenvalue weighted by Gasteiger charge is 2.11. The number of para-hydroxylation sites is 1. The fraction of sp³-hybridized carbons (Fsp3) is 0. The van der Waals surface area contributed by atoms with Gasteiger partial charge in [-0.2, -0.15) is 5.26 Å². The van der Waals surface area contributed by atoms with E-state index in [1.165, 1.54) is 11.3 Å². The molecule has 0 saturated heterocycles. The lowest BCUT2D eigenvalue weighted by atomic mass is 10.2. The lowest BCUT2D eigenvalue weighted by Gasteiger charge is -2.05. The summed E-state index contributed by atoms with van der Waals surface area (Å²) in [5.74, 6) is -0.429. The van der Waals surface area contributed by atoms with Crippen molar-refractivity contribution in [3.63, 3.8) is 0 Å². The number of hydrogen-bond acceptors (Lipinski definition) is 3. The molecule has 0 bridgehead atoms. The number of anilines is 1. The first-order valence-electron chi connectivity index (χ1n) is 5.52. The first-order chi connectivity index (χ1) is 9.60. The summed E-state index contributed by atoms with van der Waals surface area (Å²) in [6.45, 7) is 0. The second kappa shape index (κ2) is 6.84. The molecule has 1 amide bonds. The molecule has 1 heterocycles. The van der Waals surface area contributed by atoms with Crippen LogP contribution in [0.4, 0.5) is 5.69 Å². The number of nitrogens with zero attached hydrogens (tertiary/aromatic N) is 1. The van der Waals surface area contributed by atoms with E-state index in [0.29, 0.717) is 5.69 Å². The lowest BCUT2D eigenvalue weighted by Crippen LogP contribution is -2.13. The molecule has 0 aliphatic heterocycles. The second-order valence-electron chi connectivity index (χ2n) is 3.79. The Hall–Kier alpha value is -1.42. The van der Waals surface area contributed by atoms with Gasteiger partial charge in [0.05, 0.1) is 9.47 Å². The molecule has 6 heteroatoms. The van der Waals surface area contributed by atoms with Crippen LogP contribution in [0.15, 0.2) is 49.5 Å². The zero-order valence-electron chi connectivity index (χ0n) is 10.1. The topological polar surface area (TPSA) is 52.9 Å². The maximum Gasteiger partial charge on any atom is 0.266 e. The first kappa shape index (κ1) is 15.0. The van der Waals surface area contributed by atoms with Gasteiger partial charge < -0.3 is 5.32 Å². The molecule has 0 unspecified atom stereocenters. The summed E-state index contributed by atoms with van der Waals surface area (Å²) in [6, 6.07) is 11.0. The van der Waals surface area contributed by atoms with Crippen molar-refractivity contribution in [3.05, 3.63) is 55.1 Å². The molecule has 0 saturated carbocycles. The van der Waals surface area contributed by atoms with Crippen molar-refractivity contribution < 1.29 is 4.79 Å². The number of halogens is 2. The van der Waals surface area contributed by atoms with E-state index in [9.17, 15) is 4.79 Å². The van der Waals surface area contributed by atoms with Crippen LogP contribution < -0.4 is 5.32 Å². The van der Waals surface area contributed by atoms with E-state index in [0.717, 1.165) is 13.8 Å². The van der Waals surface area contributed by atoms with Crippen molar-refractivity contribution in [2.75, 3.05) is 5.32 Å². The maximum absolute atomic E-state index is 12.1. The van der Waals surface area contributed by atoms with Crippen LogP contribution in [-0.4, -0.2) is 5.91 Å². The molecule has 0 fully saturated rings. The van der Waals surface area contributed by atoms with Crippen LogP contribution in [0.5, 0.6) is 0 Å². The number of hydrogen-bond donors (Lipinski definition) is 1. The normalized spacial score (nSPS) is 10.9. The third-order valence-electron chi connectivity index (χ3n) is 2.39. The Labute approximate surface area is 137 Å². The van der Waals surface area contributed by atoms with Crippen molar-refractivity contribution in [1.29, 1.82) is 5.26 Å². The average Bonchev–Trinajstić information content (AvgIpc) is 2.84. The van der Waals surface area contributed by atoms with Gasteiger partial charge >= 0.3 is 0 Å². The van der Waals surface area contributed by atoms with E-state index in [1.54, 1.807) is 12.1 Å². The molecular weight excluding hydrogens is 404 g/mol. The maximum atomic E-state index is 12.1. The predicted molar refractivity (Wildman–Crippen MR) is 88.4 cm³/mol. The van der Waals surface area contributed by atoms with E-state index in [1.807, 2.05) is 35.7 Å². The minimum Gasteiger partial charge on any atom is -0.320 e. The van der Waals surface area contributed by atoms with Crippen LogP contribution in [0.2, 0.25) is 0 Å². The zero-order chi connectivity index (χ0) is 14.5. The number of nitriles is 1. The van der Waals surface area contributed by atoms with Crippen molar-refractivity contribution in [3.8, 4) is 6.07 Å². The molecule has 0 spiro atoms. The van der Waals surface area contributed by atoms with Crippen LogP contribution in [0.1, 0.15) is 5.56 Å². The van der Waals surface area contributed by atoms with Gasteiger partial charge in [0.25, 0.3) is 5.91 Å². The molecule has 0 atom stereocenters.